The smallest absolute Gasteiger partial charge is 0.276 e. The van der Waals surface area contributed by atoms with Crippen LogP contribution in [0.15, 0.2) is 77.3 Å². The van der Waals surface area contributed by atoms with Crippen molar-refractivity contribution in [2.24, 2.45) is 0 Å². The highest BCUT2D eigenvalue weighted by atomic mass is 79.9. The van der Waals surface area contributed by atoms with Gasteiger partial charge in [-0.15, -0.1) is 0 Å². The largest absolute Gasteiger partial charge is 0.490 e. The molecule has 7 nitrogen and oxygen atoms in total. The van der Waals surface area contributed by atoms with E-state index < -0.39 is 11.8 Å². The van der Waals surface area contributed by atoms with Gasteiger partial charge >= 0.3 is 0 Å². The van der Waals surface area contributed by atoms with Gasteiger partial charge in [-0.25, -0.2) is 0 Å². The van der Waals surface area contributed by atoms with Crippen LogP contribution in [0.2, 0.25) is 0 Å². The maximum atomic E-state index is 12.4. The number of nitrogens with one attached hydrogen (secondary N) is 3. The molecule has 0 saturated heterocycles. The lowest BCUT2D eigenvalue weighted by molar-refractivity contribution is -0.123. The fourth-order valence-corrected chi connectivity index (χ4v) is 3.50. The highest BCUT2D eigenvalue weighted by Gasteiger charge is 2.12. The molecule has 0 heterocycles. The van der Waals surface area contributed by atoms with Crippen LogP contribution in [0.25, 0.3) is 11.1 Å². The summed E-state index contributed by atoms with van der Waals surface area (Å²) in [4.78, 5) is 24.4. The van der Waals surface area contributed by atoms with E-state index in [1.807, 2.05) is 56.3 Å². The van der Waals surface area contributed by atoms with Gasteiger partial charge < -0.3 is 9.47 Å². The van der Waals surface area contributed by atoms with E-state index in [9.17, 15) is 9.59 Å². The fraction of sp³-hybridized carbons (Fsp3) is 0.160. The van der Waals surface area contributed by atoms with E-state index >= 15 is 0 Å². The van der Waals surface area contributed by atoms with Gasteiger partial charge in [0.2, 0.25) is 0 Å². The van der Waals surface area contributed by atoms with Crippen LogP contribution in [0.5, 0.6) is 11.5 Å². The summed E-state index contributed by atoms with van der Waals surface area (Å²) in [6.07, 6.45) is 0.00833. The number of thiocarbonyl (C=S) groups is 1. The second kappa shape index (κ2) is 12.2. The predicted octanol–water partition coefficient (Wildman–Crippen LogP) is 4.62. The molecule has 34 heavy (non-hydrogen) atoms. The molecule has 3 aromatic carbocycles. The normalized spacial score (nSPS) is 10.4. The molecule has 3 N–H and O–H groups in total. The summed E-state index contributed by atoms with van der Waals surface area (Å²) < 4.78 is 11.8. The first-order valence-electron chi connectivity index (χ1n) is 10.5. The Kier molecular flexibility index (Phi) is 9.00. The summed E-state index contributed by atoms with van der Waals surface area (Å²) in [6.45, 7) is 3.61. The number of benzene rings is 3. The summed E-state index contributed by atoms with van der Waals surface area (Å²) in [5.41, 5.74) is 7.40. The lowest BCUT2D eigenvalue weighted by atomic mass is 10.1. The third-order valence-corrected chi connectivity index (χ3v) is 5.25. The molecule has 0 saturated carbocycles. The van der Waals surface area contributed by atoms with Crippen LogP contribution in [-0.2, 0) is 4.79 Å². The molecule has 3 rings (SSSR count). The number of ether oxygens (including phenoxy) is 2. The lowest BCUT2D eigenvalue weighted by Crippen LogP contribution is -2.49. The molecule has 0 aliphatic heterocycles. The van der Waals surface area contributed by atoms with Crippen LogP contribution in [0.1, 0.15) is 24.2 Å². The molecule has 0 bridgehead atoms. The number of hydrogen-bond donors (Lipinski definition) is 3. The number of hydrogen-bond acceptors (Lipinski definition) is 5. The van der Waals surface area contributed by atoms with E-state index in [1.165, 1.54) is 0 Å². The summed E-state index contributed by atoms with van der Waals surface area (Å²) >= 11 is 8.46. The van der Waals surface area contributed by atoms with Crippen molar-refractivity contribution in [3.8, 4) is 22.6 Å². The second-order valence-electron chi connectivity index (χ2n) is 7.45. The Morgan fingerprint density at radius 3 is 2.26 bits per heavy atom. The van der Waals surface area contributed by atoms with Gasteiger partial charge in [-0.1, -0.05) is 42.5 Å². The molecule has 0 radical (unpaired) electrons. The Balaban J connectivity index is 1.42. The van der Waals surface area contributed by atoms with Gasteiger partial charge in [0.25, 0.3) is 11.8 Å². The number of halogens is 1. The van der Waals surface area contributed by atoms with Gasteiger partial charge in [0.1, 0.15) is 11.5 Å². The number of carbonyl (C=O) groups excluding carboxylic acids is 2. The van der Waals surface area contributed by atoms with Gasteiger partial charge in [-0.2, -0.15) is 0 Å². The van der Waals surface area contributed by atoms with E-state index in [0.717, 1.165) is 11.1 Å². The zero-order valence-corrected chi connectivity index (χ0v) is 21.0. The summed E-state index contributed by atoms with van der Waals surface area (Å²) in [7, 11) is 0. The average molecular weight is 542 g/mol. The molecule has 176 valence electrons. The third-order valence-electron chi connectivity index (χ3n) is 4.43. The minimum atomic E-state index is -0.457. The first-order valence-corrected chi connectivity index (χ1v) is 11.7. The Hall–Kier alpha value is -3.43. The summed E-state index contributed by atoms with van der Waals surface area (Å²) in [6, 6.07) is 22.3. The maximum Gasteiger partial charge on any atom is 0.276 e. The third kappa shape index (κ3) is 7.57. The molecular formula is C25H24BrN3O4S. The Morgan fingerprint density at radius 2 is 1.62 bits per heavy atom. The van der Waals surface area contributed by atoms with Crippen molar-refractivity contribution in [2.75, 3.05) is 6.61 Å². The van der Waals surface area contributed by atoms with Crippen molar-refractivity contribution in [2.45, 2.75) is 20.0 Å². The summed E-state index contributed by atoms with van der Waals surface area (Å²) in [5, 5.41) is 2.45. The molecule has 0 aliphatic carbocycles. The number of hydrazine groups is 1. The second-order valence-corrected chi connectivity index (χ2v) is 8.71. The quantitative estimate of drug-likeness (QED) is 0.299. The lowest BCUT2D eigenvalue weighted by Gasteiger charge is -2.13. The van der Waals surface area contributed by atoms with Crippen molar-refractivity contribution in [3.63, 3.8) is 0 Å². The molecule has 0 unspecified atom stereocenters. The van der Waals surface area contributed by atoms with E-state index in [-0.39, 0.29) is 17.8 Å². The van der Waals surface area contributed by atoms with E-state index in [4.69, 9.17) is 21.7 Å². The molecule has 0 spiro atoms. The van der Waals surface area contributed by atoms with Crippen LogP contribution in [0.4, 0.5) is 0 Å². The number of rotatable bonds is 7. The van der Waals surface area contributed by atoms with E-state index in [1.54, 1.807) is 30.3 Å². The van der Waals surface area contributed by atoms with Gasteiger partial charge in [0.05, 0.1) is 10.6 Å². The van der Waals surface area contributed by atoms with Gasteiger partial charge in [-0.05, 0) is 83.5 Å². The first kappa shape index (κ1) is 25.2. The van der Waals surface area contributed by atoms with Crippen molar-refractivity contribution < 1.29 is 19.1 Å². The molecule has 0 fully saturated rings. The topological polar surface area (TPSA) is 88.7 Å². The minimum absolute atomic E-state index is 0.00833. The molecule has 0 aromatic heterocycles. The van der Waals surface area contributed by atoms with Crippen LogP contribution in [0.3, 0.4) is 0 Å². The highest BCUT2D eigenvalue weighted by molar-refractivity contribution is 9.10. The standard InChI is InChI=1S/C25H24BrN3O4S/c1-16(2)33-22-13-10-19(14-21(22)26)24(31)27-25(34)29-28-23(30)15-32-20-11-8-18(9-12-20)17-6-4-3-5-7-17/h3-14,16H,15H2,1-2H3,(H,28,30)(H2,27,29,31,34). The van der Waals surface area contributed by atoms with Gasteiger partial charge in [0, 0.05) is 5.56 Å². The van der Waals surface area contributed by atoms with Crippen LogP contribution >= 0.6 is 28.1 Å². The Labute approximate surface area is 211 Å². The molecular weight excluding hydrogens is 518 g/mol. The number of amides is 2. The maximum absolute atomic E-state index is 12.4. The molecule has 2 amide bonds. The Bertz CT molecular complexity index is 1150. The molecule has 0 aliphatic rings. The van der Waals surface area contributed by atoms with Gasteiger partial charge in [-0.3, -0.25) is 25.8 Å². The molecule has 9 heteroatoms. The van der Waals surface area contributed by atoms with E-state index in [2.05, 4.69) is 32.1 Å². The van der Waals surface area contributed by atoms with Crippen LogP contribution in [0, 0.1) is 0 Å². The molecule has 0 atom stereocenters. The fourth-order valence-electron chi connectivity index (χ4n) is 2.88. The minimum Gasteiger partial charge on any atom is -0.490 e. The zero-order valence-electron chi connectivity index (χ0n) is 18.6. The van der Waals surface area contributed by atoms with Crippen molar-refractivity contribution >= 4 is 45.1 Å². The number of carbonyl (C=O) groups is 2. The van der Waals surface area contributed by atoms with E-state index in [0.29, 0.717) is 21.5 Å². The zero-order chi connectivity index (χ0) is 24.5. The molecule has 3 aromatic rings. The SMILES string of the molecule is CC(C)Oc1ccc(C(=O)NC(=S)NNC(=O)COc2ccc(-c3ccccc3)cc2)cc1Br. The van der Waals surface area contributed by atoms with Crippen molar-refractivity contribution in [1.29, 1.82) is 0 Å². The van der Waals surface area contributed by atoms with Crippen molar-refractivity contribution in [1.82, 2.24) is 16.2 Å². The van der Waals surface area contributed by atoms with Gasteiger partial charge in [0.15, 0.2) is 11.7 Å². The van der Waals surface area contributed by atoms with Crippen LogP contribution in [-0.4, -0.2) is 29.6 Å². The average Bonchev–Trinajstić information content (AvgIpc) is 2.83. The predicted molar refractivity (Wildman–Crippen MR) is 139 cm³/mol. The Morgan fingerprint density at radius 1 is 0.941 bits per heavy atom. The van der Waals surface area contributed by atoms with Crippen molar-refractivity contribution in [3.05, 3.63) is 82.8 Å². The monoisotopic (exact) mass is 541 g/mol. The summed E-state index contributed by atoms with van der Waals surface area (Å²) in [5.74, 6) is 0.301. The van der Waals surface area contributed by atoms with Crippen LogP contribution < -0.4 is 25.6 Å². The first-order chi connectivity index (χ1) is 16.3. The highest BCUT2D eigenvalue weighted by Crippen LogP contribution is 2.27.